The fourth-order valence-corrected chi connectivity index (χ4v) is 2.81. The monoisotopic (exact) mass is 335 g/mol. The van der Waals surface area contributed by atoms with Crippen LogP contribution in [0.4, 0.5) is 6.01 Å². The fourth-order valence-electron chi connectivity index (χ4n) is 2.36. The van der Waals surface area contributed by atoms with Crippen LogP contribution in [0.5, 0.6) is 0 Å². The van der Waals surface area contributed by atoms with Gasteiger partial charge in [-0.05, 0) is 17.7 Å². The highest BCUT2D eigenvalue weighted by Crippen LogP contribution is 2.21. The lowest BCUT2D eigenvalue weighted by Crippen LogP contribution is -2.36. The normalized spacial score (nSPS) is 14.2. The second-order valence-electron chi connectivity index (χ2n) is 4.79. The number of fused-ring (bicyclic) bond motifs is 1. The molecule has 0 saturated carbocycles. The van der Waals surface area contributed by atoms with Crippen LogP contribution in [0.2, 0.25) is 0 Å². The van der Waals surface area contributed by atoms with Crippen LogP contribution in [0.1, 0.15) is 17.0 Å². The maximum atomic E-state index is 12.3. The molecule has 0 saturated heterocycles. The molecule has 2 N–H and O–H groups in total. The Balaban J connectivity index is 1.70. The first-order valence-electron chi connectivity index (χ1n) is 6.38. The van der Waals surface area contributed by atoms with Gasteiger partial charge in [0.25, 0.3) is 6.01 Å². The van der Waals surface area contributed by atoms with Crippen molar-refractivity contribution in [2.24, 2.45) is 0 Å². The molecule has 1 amide bonds. The summed E-state index contributed by atoms with van der Waals surface area (Å²) in [4.78, 5) is 18.2. The Hall–Kier alpha value is -1.82. The predicted molar refractivity (Wildman–Crippen MR) is 77.9 cm³/mol. The van der Waals surface area contributed by atoms with Crippen LogP contribution < -0.4 is 5.73 Å². The van der Waals surface area contributed by atoms with E-state index in [-0.39, 0.29) is 11.9 Å². The number of hydrogen-bond donors (Lipinski definition) is 1. The number of nitrogens with zero attached hydrogens (tertiary/aromatic N) is 2. The zero-order chi connectivity index (χ0) is 14.1. The van der Waals surface area contributed by atoms with Crippen LogP contribution in [0, 0.1) is 0 Å². The van der Waals surface area contributed by atoms with Crippen LogP contribution >= 0.6 is 15.9 Å². The van der Waals surface area contributed by atoms with Crippen LogP contribution in [0.15, 0.2) is 33.2 Å². The number of nitrogens with two attached hydrogens (primary N) is 1. The van der Waals surface area contributed by atoms with Crippen molar-refractivity contribution in [3.05, 3.63) is 45.8 Å². The molecule has 1 aliphatic rings. The molecule has 0 spiro atoms. The van der Waals surface area contributed by atoms with Crippen molar-refractivity contribution < 1.29 is 9.21 Å². The molecule has 0 radical (unpaired) electrons. The summed E-state index contributed by atoms with van der Waals surface area (Å²) in [6.45, 7) is 1.11. The summed E-state index contributed by atoms with van der Waals surface area (Å²) in [6.07, 6.45) is 1.08. The maximum absolute atomic E-state index is 12.3. The SMILES string of the molecule is Nc1nc2c(o1)CN(C(=O)Cc1cccc(Br)c1)CC2. The number of anilines is 1. The van der Waals surface area contributed by atoms with E-state index in [0.29, 0.717) is 31.7 Å². The number of aromatic nitrogens is 1. The minimum atomic E-state index is 0.0868. The molecule has 6 heteroatoms. The number of benzene rings is 1. The number of hydrogen-bond acceptors (Lipinski definition) is 4. The highest BCUT2D eigenvalue weighted by atomic mass is 79.9. The van der Waals surface area contributed by atoms with E-state index in [0.717, 1.165) is 15.7 Å². The largest absolute Gasteiger partial charge is 0.427 e. The molecule has 2 aromatic rings. The lowest BCUT2D eigenvalue weighted by atomic mass is 10.1. The molecule has 1 aromatic carbocycles. The van der Waals surface area contributed by atoms with Crippen molar-refractivity contribution in [2.75, 3.05) is 12.3 Å². The van der Waals surface area contributed by atoms with Gasteiger partial charge >= 0.3 is 0 Å². The zero-order valence-corrected chi connectivity index (χ0v) is 12.4. The Labute approximate surface area is 124 Å². The number of amides is 1. The van der Waals surface area contributed by atoms with Gasteiger partial charge in [-0.25, -0.2) is 0 Å². The lowest BCUT2D eigenvalue weighted by molar-refractivity contribution is -0.131. The lowest BCUT2D eigenvalue weighted by Gasteiger charge is -2.25. The third-order valence-corrected chi connectivity index (χ3v) is 3.84. The highest BCUT2D eigenvalue weighted by molar-refractivity contribution is 9.10. The highest BCUT2D eigenvalue weighted by Gasteiger charge is 2.24. The van der Waals surface area contributed by atoms with Gasteiger partial charge in [0, 0.05) is 17.4 Å². The minimum absolute atomic E-state index is 0.0868. The molecule has 5 nitrogen and oxygen atoms in total. The van der Waals surface area contributed by atoms with Gasteiger partial charge in [-0.1, -0.05) is 28.1 Å². The molecule has 0 bridgehead atoms. The second kappa shape index (κ2) is 5.28. The van der Waals surface area contributed by atoms with Crippen molar-refractivity contribution in [3.63, 3.8) is 0 Å². The van der Waals surface area contributed by atoms with E-state index < -0.39 is 0 Å². The first-order chi connectivity index (χ1) is 9.61. The Morgan fingerprint density at radius 2 is 2.35 bits per heavy atom. The molecule has 1 aliphatic heterocycles. The van der Waals surface area contributed by atoms with Gasteiger partial charge in [0.2, 0.25) is 5.91 Å². The number of nitrogen functional groups attached to an aromatic ring is 1. The second-order valence-corrected chi connectivity index (χ2v) is 5.71. The predicted octanol–water partition coefficient (Wildman–Crippen LogP) is 2.15. The molecule has 0 unspecified atom stereocenters. The van der Waals surface area contributed by atoms with Crippen molar-refractivity contribution in [2.45, 2.75) is 19.4 Å². The van der Waals surface area contributed by atoms with Gasteiger partial charge in [0.1, 0.15) is 5.76 Å². The van der Waals surface area contributed by atoms with Gasteiger partial charge in [-0.15, -0.1) is 0 Å². The molecule has 0 aliphatic carbocycles. The number of carbonyl (C=O) groups is 1. The topological polar surface area (TPSA) is 72.4 Å². The third-order valence-electron chi connectivity index (χ3n) is 3.34. The molecule has 0 fully saturated rings. The van der Waals surface area contributed by atoms with Crippen molar-refractivity contribution in [1.29, 1.82) is 0 Å². The first kappa shape index (κ1) is 13.2. The van der Waals surface area contributed by atoms with E-state index in [1.54, 1.807) is 4.90 Å². The van der Waals surface area contributed by atoms with E-state index in [1.807, 2.05) is 24.3 Å². The third kappa shape index (κ3) is 2.70. The summed E-state index contributed by atoms with van der Waals surface area (Å²) in [7, 11) is 0. The number of carbonyl (C=O) groups excluding carboxylic acids is 1. The summed E-state index contributed by atoms with van der Waals surface area (Å²) < 4.78 is 6.30. The van der Waals surface area contributed by atoms with E-state index >= 15 is 0 Å². The van der Waals surface area contributed by atoms with Crippen molar-refractivity contribution in [1.82, 2.24) is 9.88 Å². The van der Waals surface area contributed by atoms with Gasteiger partial charge in [0.15, 0.2) is 0 Å². The average molecular weight is 336 g/mol. The first-order valence-corrected chi connectivity index (χ1v) is 7.17. The fraction of sp³-hybridized carbons (Fsp3) is 0.286. The molecule has 3 rings (SSSR count). The summed E-state index contributed by atoms with van der Waals surface area (Å²) in [6, 6.07) is 7.96. The van der Waals surface area contributed by atoms with Gasteiger partial charge < -0.3 is 15.1 Å². The summed E-state index contributed by atoms with van der Waals surface area (Å²) in [5, 5.41) is 0. The summed E-state index contributed by atoms with van der Waals surface area (Å²) in [5.74, 6) is 0.792. The van der Waals surface area contributed by atoms with Crippen LogP contribution in [-0.4, -0.2) is 22.3 Å². The Bertz CT molecular complexity index is 654. The smallest absolute Gasteiger partial charge is 0.292 e. The van der Waals surface area contributed by atoms with Crippen molar-refractivity contribution >= 4 is 27.9 Å². The molecule has 20 heavy (non-hydrogen) atoms. The van der Waals surface area contributed by atoms with Crippen LogP contribution in [-0.2, 0) is 24.2 Å². The Morgan fingerprint density at radius 3 is 3.15 bits per heavy atom. The maximum Gasteiger partial charge on any atom is 0.292 e. The minimum Gasteiger partial charge on any atom is -0.427 e. The molecule has 1 aromatic heterocycles. The van der Waals surface area contributed by atoms with Crippen LogP contribution in [0.3, 0.4) is 0 Å². The molecule has 104 valence electrons. The van der Waals surface area contributed by atoms with E-state index in [1.165, 1.54) is 0 Å². The molecule has 0 atom stereocenters. The van der Waals surface area contributed by atoms with Crippen LogP contribution in [0.25, 0.3) is 0 Å². The van der Waals surface area contributed by atoms with E-state index in [2.05, 4.69) is 20.9 Å². The molecule has 2 heterocycles. The Kier molecular flexibility index (Phi) is 3.48. The Morgan fingerprint density at radius 1 is 1.50 bits per heavy atom. The van der Waals surface area contributed by atoms with E-state index in [4.69, 9.17) is 10.2 Å². The standard InChI is InChI=1S/C14H14BrN3O2/c15-10-3-1-2-9(6-10)7-13(19)18-5-4-11-12(8-18)20-14(16)17-11/h1-3,6H,4-5,7-8H2,(H2,16,17). The van der Waals surface area contributed by atoms with Gasteiger partial charge in [-0.3, -0.25) is 4.79 Å². The number of halogens is 1. The van der Waals surface area contributed by atoms with Crippen molar-refractivity contribution in [3.8, 4) is 0 Å². The summed E-state index contributed by atoms with van der Waals surface area (Å²) in [5.41, 5.74) is 7.40. The number of rotatable bonds is 2. The summed E-state index contributed by atoms with van der Waals surface area (Å²) >= 11 is 3.41. The average Bonchev–Trinajstić information content (AvgIpc) is 2.77. The molecular weight excluding hydrogens is 322 g/mol. The van der Waals surface area contributed by atoms with Gasteiger partial charge in [-0.2, -0.15) is 4.98 Å². The van der Waals surface area contributed by atoms with E-state index in [9.17, 15) is 4.79 Å². The quantitative estimate of drug-likeness (QED) is 0.912. The molecular formula is C14H14BrN3O2. The number of oxazole rings is 1. The zero-order valence-electron chi connectivity index (χ0n) is 10.8. The van der Waals surface area contributed by atoms with Gasteiger partial charge in [0.05, 0.1) is 18.7 Å².